The Hall–Kier alpha value is -3.64. The van der Waals surface area contributed by atoms with Crippen LogP contribution in [0, 0.1) is 5.82 Å². The lowest BCUT2D eigenvalue weighted by atomic mass is 9.84. The SMILES string of the molecule is Fc1ccc(C2C3=C(Nc4ncnn42)c2ccccc2OC3c2cccc(Cl)c2)cc1. The fraction of sp³-hybridized carbons (Fsp3) is 0.0833. The number of rotatable bonds is 2. The number of benzene rings is 3. The fourth-order valence-corrected chi connectivity index (χ4v) is 4.53. The number of para-hydroxylation sites is 1. The molecule has 0 radical (unpaired) electrons. The van der Waals surface area contributed by atoms with E-state index in [1.54, 1.807) is 16.8 Å². The Bertz CT molecular complexity index is 1330. The third kappa shape index (κ3) is 2.91. The molecule has 2 aliphatic rings. The number of hydrogen-bond donors (Lipinski definition) is 1. The van der Waals surface area contributed by atoms with Gasteiger partial charge < -0.3 is 10.1 Å². The zero-order valence-corrected chi connectivity index (χ0v) is 16.9. The molecule has 7 heteroatoms. The summed E-state index contributed by atoms with van der Waals surface area (Å²) in [6.07, 6.45) is 1.10. The summed E-state index contributed by atoms with van der Waals surface area (Å²) in [7, 11) is 0. The number of fused-ring (bicyclic) bond motifs is 3. The van der Waals surface area contributed by atoms with Crippen LogP contribution in [0.4, 0.5) is 10.3 Å². The van der Waals surface area contributed by atoms with E-state index in [-0.39, 0.29) is 11.9 Å². The van der Waals surface area contributed by atoms with Crippen molar-refractivity contribution in [1.29, 1.82) is 0 Å². The molecule has 3 heterocycles. The van der Waals surface area contributed by atoms with E-state index in [4.69, 9.17) is 16.3 Å². The predicted octanol–water partition coefficient (Wildman–Crippen LogP) is 5.63. The second kappa shape index (κ2) is 6.96. The first kappa shape index (κ1) is 18.2. The fourth-order valence-electron chi connectivity index (χ4n) is 4.33. The summed E-state index contributed by atoms with van der Waals surface area (Å²) >= 11 is 6.32. The Morgan fingerprint density at radius 1 is 0.968 bits per heavy atom. The smallest absolute Gasteiger partial charge is 0.226 e. The number of halogens is 2. The molecule has 2 atom stereocenters. The highest BCUT2D eigenvalue weighted by atomic mass is 35.5. The van der Waals surface area contributed by atoms with Gasteiger partial charge in [-0.2, -0.15) is 10.1 Å². The highest BCUT2D eigenvalue weighted by Crippen LogP contribution is 2.50. The lowest BCUT2D eigenvalue weighted by Crippen LogP contribution is -2.32. The van der Waals surface area contributed by atoms with Gasteiger partial charge in [0.05, 0.1) is 5.70 Å². The first-order valence-electron chi connectivity index (χ1n) is 9.86. The third-order valence-corrected chi connectivity index (χ3v) is 5.89. The second-order valence-electron chi connectivity index (χ2n) is 7.49. The molecular formula is C24H16ClFN4O. The highest BCUT2D eigenvalue weighted by molar-refractivity contribution is 6.30. The molecule has 0 spiro atoms. The van der Waals surface area contributed by atoms with Crippen LogP contribution in [0.3, 0.4) is 0 Å². The summed E-state index contributed by atoms with van der Waals surface area (Å²) in [5.41, 5.74) is 4.63. The minimum Gasteiger partial charge on any atom is -0.480 e. The number of hydrogen-bond acceptors (Lipinski definition) is 4. The Morgan fingerprint density at radius 2 is 1.81 bits per heavy atom. The molecule has 1 N–H and O–H groups in total. The molecule has 1 aromatic heterocycles. The average molecular weight is 431 g/mol. The van der Waals surface area contributed by atoms with Crippen molar-refractivity contribution in [3.05, 3.63) is 112 Å². The molecule has 6 rings (SSSR count). The maximum Gasteiger partial charge on any atom is 0.226 e. The van der Waals surface area contributed by atoms with Gasteiger partial charge in [0.1, 0.15) is 30.0 Å². The first-order chi connectivity index (χ1) is 15.2. The Kier molecular flexibility index (Phi) is 4.07. The number of nitrogens with one attached hydrogen (secondary N) is 1. The molecule has 31 heavy (non-hydrogen) atoms. The van der Waals surface area contributed by atoms with Gasteiger partial charge in [-0.05, 0) is 47.5 Å². The number of aromatic nitrogens is 3. The number of ether oxygens (including phenoxy) is 1. The van der Waals surface area contributed by atoms with Crippen LogP contribution in [-0.4, -0.2) is 14.8 Å². The van der Waals surface area contributed by atoms with Gasteiger partial charge in [-0.25, -0.2) is 9.07 Å². The van der Waals surface area contributed by atoms with Gasteiger partial charge in [0, 0.05) is 16.2 Å². The lowest BCUT2D eigenvalue weighted by Gasteiger charge is -2.39. The molecule has 0 bridgehead atoms. The molecule has 3 aromatic carbocycles. The Morgan fingerprint density at radius 3 is 2.65 bits per heavy atom. The standard InChI is InChI=1S/C24H16ClFN4O/c25-16-5-3-4-15(12-16)23-20-21(18-6-1-2-7-19(18)31-23)29-24-27-13-28-30(24)22(20)14-8-10-17(26)11-9-14/h1-13,22-23H,(H,27,28,29). The first-order valence-corrected chi connectivity index (χ1v) is 10.2. The van der Waals surface area contributed by atoms with Gasteiger partial charge in [-0.15, -0.1) is 0 Å². The third-order valence-electron chi connectivity index (χ3n) is 5.66. The van der Waals surface area contributed by atoms with Crippen molar-refractivity contribution in [3.8, 4) is 5.75 Å². The van der Waals surface area contributed by atoms with Crippen molar-refractivity contribution in [1.82, 2.24) is 14.8 Å². The average Bonchev–Trinajstić information content (AvgIpc) is 3.26. The maximum atomic E-state index is 13.7. The van der Waals surface area contributed by atoms with Crippen LogP contribution in [0.5, 0.6) is 5.75 Å². The van der Waals surface area contributed by atoms with Crippen molar-refractivity contribution in [2.24, 2.45) is 0 Å². The summed E-state index contributed by atoms with van der Waals surface area (Å²) in [6.45, 7) is 0. The van der Waals surface area contributed by atoms with Crippen LogP contribution < -0.4 is 10.1 Å². The van der Waals surface area contributed by atoms with Gasteiger partial charge in [0.15, 0.2) is 0 Å². The van der Waals surface area contributed by atoms with E-state index in [1.807, 2.05) is 48.5 Å². The molecule has 0 amide bonds. The van der Waals surface area contributed by atoms with E-state index in [0.29, 0.717) is 11.0 Å². The molecule has 2 unspecified atom stereocenters. The molecule has 152 valence electrons. The van der Waals surface area contributed by atoms with E-state index < -0.39 is 6.10 Å². The molecule has 0 aliphatic carbocycles. The summed E-state index contributed by atoms with van der Waals surface area (Å²) in [5, 5.41) is 8.54. The molecule has 5 nitrogen and oxygen atoms in total. The normalized spacial score (nSPS) is 19.0. The quantitative estimate of drug-likeness (QED) is 0.447. The van der Waals surface area contributed by atoms with Crippen LogP contribution in [0.1, 0.15) is 28.8 Å². The second-order valence-corrected chi connectivity index (χ2v) is 7.92. The summed E-state index contributed by atoms with van der Waals surface area (Å²) in [4.78, 5) is 4.40. The van der Waals surface area contributed by atoms with Gasteiger partial charge in [-0.3, -0.25) is 0 Å². The molecule has 0 saturated carbocycles. The largest absolute Gasteiger partial charge is 0.480 e. The Balaban J connectivity index is 1.63. The van der Waals surface area contributed by atoms with Crippen LogP contribution in [0.25, 0.3) is 5.70 Å². The van der Waals surface area contributed by atoms with Crippen LogP contribution in [-0.2, 0) is 0 Å². The van der Waals surface area contributed by atoms with E-state index in [0.717, 1.165) is 33.7 Å². The van der Waals surface area contributed by atoms with Gasteiger partial charge >= 0.3 is 0 Å². The highest BCUT2D eigenvalue weighted by Gasteiger charge is 2.40. The summed E-state index contributed by atoms with van der Waals surface area (Å²) in [5.74, 6) is 1.10. The van der Waals surface area contributed by atoms with Crippen LogP contribution in [0.2, 0.25) is 5.02 Å². The van der Waals surface area contributed by atoms with E-state index in [1.165, 1.54) is 18.5 Å². The molecule has 0 saturated heterocycles. The molecule has 2 aliphatic heterocycles. The van der Waals surface area contributed by atoms with E-state index >= 15 is 0 Å². The summed E-state index contributed by atoms with van der Waals surface area (Å²) < 4.78 is 22.0. The van der Waals surface area contributed by atoms with Crippen LogP contribution >= 0.6 is 11.6 Å². The van der Waals surface area contributed by atoms with Crippen LogP contribution in [0.15, 0.2) is 84.7 Å². The van der Waals surface area contributed by atoms with E-state index in [9.17, 15) is 4.39 Å². The minimum atomic E-state index is -0.413. The molecule has 4 aromatic rings. The Labute approximate surface area is 182 Å². The lowest BCUT2D eigenvalue weighted by molar-refractivity contribution is 0.223. The predicted molar refractivity (Wildman–Crippen MR) is 116 cm³/mol. The number of anilines is 1. The van der Waals surface area contributed by atoms with Gasteiger partial charge in [-0.1, -0.05) is 48.0 Å². The van der Waals surface area contributed by atoms with Gasteiger partial charge in [0.25, 0.3) is 0 Å². The number of nitrogens with zero attached hydrogens (tertiary/aromatic N) is 3. The van der Waals surface area contributed by atoms with Crippen molar-refractivity contribution in [3.63, 3.8) is 0 Å². The van der Waals surface area contributed by atoms with Crippen molar-refractivity contribution >= 4 is 23.2 Å². The zero-order valence-electron chi connectivity index (χ0n) is 16.2. The maximum absolute atomic E-state index is 13.7. The minimum absolute atomic E-state index is 0.290. The molecular weight excluding hydrogens is 415 g/mol. The van der Waals surface area contributed by atoms with Crippen molar-refractivity contribution in [2.75, 3.05) is 5.32 Å². The van der Waals surface area contributed by atoms with E-state index in [2.05, 4.69) is 15.4 Å². The summed E-state index contributed by atoms with van der Waals surface area (Å²) in [6, 6.07) is 21.7. The zero-order chi connectivity index (χ0) is 20.9. The van der Waals surface area contributed by atoms with Crippen molar-refractivity contribution < 1.29 is 9.13 Å². The van der Waals surface area contributed by atoms with Gasteiger partial charge in [0.2, 0.25) is 5.95 Å². The van der Waals surface area contributed by atoms with Crippen molar-refractivity contribution in [2.45, 2.75) is 12.1 Å². The monoisotopic (exact) mass is 430 g/mol. The molecule has 0 fully saturated rings. The topological polar surface area (TPSA) is 52.0 Å².